The van der Waals surface area contributed by atoms with Crippen molar-refractivity contribution in [1.82, 2.24) is 4.98 Å². The van der Waals surface area contributed by atoms with E-state index in [-0.39, 0.29) is 17.6 Å². The molecule has 0 aliphatic carbocycles. The van der Waals surface area contributed by atoms with Crippen LogP contribution in [0.3, 0.4) is 0 Å². The van der Waals surface area contributed by atoms with Gasteiger partial charge in [0.05, 0.1) is 5.56 Å². The first kappa shape index (κ1) is 16.0. The molecule has 19 heavy (non-hydrogen) atoms. The fraction of sp³-hybridized carbons (Fsp3) is 0.583. The first-order chi connectivity index (χ1) is 8.70. The molecule has 0 radical (unpaired) electrons. The number of aliphatic hydroxyl groups excluding tert-OH is 1. The van der Waals surface area contributed by atoms with Gasteiger partial charge in [-0.25, -0.2) is 4.98 Å². The van der Waals surface area contributed by atoms with Crippen molar-refractivity contribution in [3.05, 3.63) is 22.8 Å². The maximum atomic E-state index is 12.7. The van der Waals surface area contributed by atoms with Crippen molar-refractivity contribution in [2.75, 3.05) is 11.9 Å². The molecule has 3 nitrogen and oxygen atoms in total. The fourth-order valence-corrected chi connectivity index (χ4v) is 1.82. The number of anilines is 1. The number of hydrogen-bond donors (Lipinski definition) is 2. The molecule has 1 aromatic rings. The van der Waals surface area contributed by atoms with E-state index < -0.39 is 17.3 Å². The molecule has 1 heterocycles. The number of hydrogen-bond acceptors (Lipinski definition) is 3. The van der Waals surface area contributed by atoms with Gasteiger partial charge in [-0.05, 0) is 31.9 Å². The highest BCUT2D eigenvalue weighted by molar-refractivity contribution is 6.29. The lowest BCUT2D eigenvalue weighted by Crippen LogP contribution is -2.35. The molecule has 1 aromatic heterocycles. The van der Waals surface area contributed by atoms with Gasteiger partial charge < -0.3 is 10.4 Å². The van der Waals surface area contributed by atoms with Gasteiger partial charge in [-0.2, -0.15) is 13.2 Å². The van der Waals surface area contributed by atoms with Crippen molar-refractivity contribution in [2.24, 2.45) is 0 Å². The largest absolute Gasteiger partial charge is 0.416 e. The van der Waals surface area contributed by atoms with Crippen LogP contribution in [0.25, 0.3) is 0 Å². The van der Waals surface area contributed by atoms with Gasteiger partial charge in [0.1, 0.15) is 11.0 Å². The number of rotatable bonds is 5. The van der Waals surface area contributed by atoms with Crippen molar-refractivity contribution in [3.8, 4) is 0 Å². The molecule has 2 N–H and O–H groups in total. The monoisotopic (exact) mass is 296 g/mol. The van der Waals surface area contributed by atoms with Crippen molar-refractivity contribution in [2.45, 2.75) is 38.4 Å². The lowest BCUT2D eigenvalue weighted by molar-refractivity contribution is -0.137. The fourth-order valence-electron chi connectivity index (χ4n) is 1.61. The molecule has 0 saturated heterocycles. The molecule has 1 unspecified atom stereocenters. The second-order valence-corrected chi connectivity index (χ2v) is 4.96. The Kier molecular flexibility index (Phi) is 5.04. The molecule has 108 valence electrons. The van der Waals surface area contributed by atoms with E-state index in [1.54, 1.807) is 6.92 Å². The maximum absolute atomic E-state index is 12.7. The van der Waals surface area contributed by atoms with E-state index in [1.165, 1.54) is 0 Å². The molecular formula is C12H16ClF3N2O. The summed E-state index contributed by atoms with van der Waals surface area (Å²) in [6.07, 6.45) is -3.44. The maximum Gasteiger partial charge on any atom is 0.416 e. The van der Waals surface area contributed by atoms with Gasteiger partial charge in [0, 0.05) is 12.1 Å². The van der Waals surface area contributed by atoms with Crippen LogP contribution in [0.2, 0.25) is 5.15 Å². The minimum Gasteiger partial charge on any atom is -0.396 e. The van der Waals surface area contributed by atoms with Gasteiger partial charge in [0.15, 0.2) is 0 Å². The molecule has 0 aliphatic heterocycles. The van der Waals surface area contributed by atoms with E-state index >= 15 is 0 Å². The summed E-state index contributed by atoms with van der Waals surface area (Å²) in [4.78, 5) is 3.84. The van der Waals surface area contributed by atoms with Gasteiger partial charge >= 0.3 is 6.18 Å². The Morgan fingerprint density at radius 1 is 1.37 bits per heavy atom. The lowest BCUT2D eigenvalue weighted by atomic mass is 9.95. The second kappa shape index (κ2) is 5.96. The van der Waals surface area contributed by atoms with E-state index in [0.717, 1.165) is 12.1 Å². The van der Waals surface area contributed by atoms with Gasteiger partial charge in [-0.15, -0.1) is 0 Å². The summed E-state index contributed by atoms with van der Waals surface area (Å²) in [6, 6.07) is 1.69. The van der Waals surface area contributed by atoms with Gasteiger partial charge in [0.25, 0.3) is 0 Å². The minimum atomic E-state index is -4.47. The summed E-state index contributed by atoms with van der Waals surface area (Å²) >= 11 is 5.60. The van der Waals surface area contributed by atoms with Crippen molar-refractivity contribution in [3.63, 3.8) is 0 Å². The summed E-state index contributed by atoms with van der Waals surface area (Å²) in [7, 11) is 0. The van der Waals surface area contributed by atoms with Crippen LogP contribution in [-0.2, 0) is 6.18 Å². The zero-order chi connectivity index (χ0) is 14.7. The van der Waals surface area contributed by atoms with E-state index in [0.29, 0.717) is 12.8 Å². The summed E-state index contributed by atoms with van der Waals surface area (Å²) in [5.41, 5.74) is -1.38. The highest BCUT2D eigenvalue weighted by Crippen LogP contribution is 2.33. The molecule has 0 bridgehead atoms. The van der Waals surface area contributed by atoms with Crippen molar-refractivity contribution >= 4 is 17.4 Å². The Morgan fingerprint density at radius 3 is 2.47 bits per heavy atom. The van der Waals surface area contributed by atoms with Gasteiger partial charge in [-0.1, -0.05) is 18.5 Å². The highest BCUT2D eigenvalue weighted by Gasteiger charge is 2.32. The third-order valence-electron chi connectivity index (χ3n) is 3.00. The van der Waals surface area contributed by atoms with Gasteiger partial charge in [0.2, 0.25) is 0 Å². The zero-order valence-electron chi connectivity index (χ0n) is 10.7. The summed E-state index contributed by atoms with van der Waals surface area (Å²) in [5.74, 6) is 0.0534. The number of alkyl halides is 3. The van der Waals surface area contributed by atoms with Crippen LogP contribution in [0.15, 0.2) is 12.1 Å². The number of pyridine rings is 1. The first-order valence-corrected chi connectivity index (χ1v) is 6.22. The molecule has 7 heteroatoms. The SMILES string of the molecule is CCC(C)(CCO)Nc1cc(C(F)(F)F)cc(Cl)n1. The molecule has 0 fully saturated rings. The summed E-state index contributed by atoms with van der Waals surface area (Å²) in [6.45, 7) is 3.61. The average Bonchev–Trinajstić information content (AvgIpc) is 2.27. The standard InChI is InChI=1S/C12H16ClF3N2O/c1-3-11(2,4-5-19)18-10-7-8(12(14,15)16)6-9(13)17-10/h6-7,19H,3-5H2,1-2H3,(H,17,18). The molecule has 0 aliphatic rings. The summed E-state index contributed by atoms with van der Waals surface area (Å²) in [5, 5.41) is 11.7. The van der Waals surface area contributed by atoms with E-state index in [4.69, 9.17) is 16.7 Å². The van der Waals surface area contributed by atoms with E-state index in [1.807, 2.05) is 6.92 Å². The molecule has 0 spiro atoms. The third-order valence-corrected chi connectivity index (χ3v) is 3.19. The molecular weight excluding hydrogens is 281 g/mol. The van der Waals surface area contributed by atoms with Gasteiger partial charge in [-0.3, -0.25) is 0 Å². The van der Waals surface area contributed by atoms with Crippen molar-refractivity contribution < 1.29 is 18.3 Å². The molecule has 0 amide bonds. The lowest BCUT2D eigenvalue weighted by Gasteiger charge is -2.30. The Labute approximate surface area is 114 Å². The van der Waals surface area contributed by atoms with Crippen molar-refractivity contribution in [1.29, 1.82) is 0 Å². The number of halogens is 4. The molecule has 0 aromatic carbocycles. The van der Waals surface area contributed by atoms with Crippen LogP contribution >= 0.6 is 11.6 Å². The van der Waals surface area contributed by atoms with E-state index in [9.17, 15) is 13.2 Å². The van der Waals surface area contributed by atoms with Crippen LogP contribution in [-0.4, -0.2) is 22.2 Å². The quantitative estimate of drug-likeness (QED) is 0.814. The molecule has 1 rings (SSSR count). The predicted molar refractivity (Wildman–Crippen MR) is 68.3 cm³/mol. The average molecular weight is 297 g/mol. The third kappa shape index (κ3) is 4.54. The number of aliphatic hydroxyl groups is 1. The normalized spacial score (nSPS) is 15.1. The first-order valence-electron chi connectivity index (χ1n) is 5.84. The topological polar surface area (TPSA) is 45.1 Å². The van der Waals surface area contributed by atoms with Crippen LogP contribution < -0.4 is 5.32 Å². The minimum absolute atomic E-state index is 0.0534. The zero-order valence-corrected chi connectivity index (χ0v) is 11.4. The van der Waals surface area contributed by atoms with Crippen LogP contribution in [0.4, 0.5) is 19.0 Å². The Balaban J connectivity index is 3.04. The number of aromatic nitrogens is 1. The van der Waals surface area contributed by atoms with Crippen LogP contribution in [0, 0.1) is 0 Å². The van der Waals surface area contributed by atoms with Crippen LogP contribution in [0.1, 0.15) is 32.3 Å². The molecule has 1 atom stereocenters. The number of nitrogens with zero attached hydrogens (tertiary/aromatic N) is 1. The second-order valence-electron chi connectivity index (χ2n) is 4.57. The smallest absolute Gasteiger partial charge is 0.396 e. The number of nitrogens with one attached hydrogen (secondary N) is 1. The highest BCUT2D eigenvalue weighted by atomic mass is 35.5. The Hall–Kier alpha value is -1.01. The summed E-state index contributed by atoms with van der Waals surface area (Å²) < 4.78 is 38.0. The van der Waals surface area contributed by atoms with Crippen LogP contribution in [0.5, 0.6) is 0 Å². The molecule has 0 saturated carbocycles. The Morgan fingerprint density at radius 2 is 2.00 bits per heavy atom. The van der Waals surface area contributed by atoms with E-state index in [2.05, 4.69) is 10.3 Å². The Bertz CT molecular complexity index is 439. The predicted octanol–water partition coefficient (Wildman–Crippen LogP) is 3.72.